The number of benzene rings is 1. The van der Waals surface area contributed by atoms with Crippen LogP contribution in [0, 0.1) is 11.3 Å². The Morgan fingerprint density at radius 1 is 1.56 bits per heavy atom. The van der Waals surface area contributed by atoms with Gasteiger partial charge in [0.2, 0.25) is 0 Å². The molecule has 0 amide bonds. The van der Waals surface area contributed by atoms with Crippen LogP contribution in [-0.2, 0) is 0 Å². The summed E-state index contributed by atoms with van der Waals surface area (Å²) < 4.78 is 5.17. The molecule has 1 rings (SSSR count). The molecular formula is C12H15ClN2O. The highest BCUT2D eigenvalue weighted by Crippen LogP contribution is 2.27. The average molecular weight is 239 g/mol. The van der Waals surface area contributed by atoms with Crippen molar-refractivity contribution in [2.45, 2.75) is 19.9 Å². The molecule has 1 aromatic carbocycles. The second-order valence-electron chi connectivity index (χ2n) is 3.42. The van der Waals surface area contributed by atoms with E-state index >= 15 is 0 Å². The van der Waals surface area contributed by atoms with Crippen LogP contribution < -0.4 is 10.1 Å². The Hall–Kier alpha value is -1.24. The summed E-state index contributed by atoms with van der Waals surface area (Å²) in [5, 5.41) is 12.2. The molecule has 0 fully saturated rings. The molecule has 0 bridgehead atoms. The fraction of sp³-hybridized carbons (Fsp3) is 0.417. The highest BCUT2D eigenvalue weighted by atomic mass is 35.5. The molecule has 0 aromatic heterocycles. The van der Waals surface area contributed by atoms with Crippen molar-refractivity contribution in [1.29, 1.82) is 5.26 Å². The van der Waals surface area contributed by atoms with Crippen molar-refractivity contribution in [2.24, 2.45) is 0 Å². The molecule has 0 aliphatic rings. The first kappa shape index (κ1) is 12.8. The topological polar surface area (TPSA) is 45.0 Å². The van der Waals surface area contributed by atoms with E-state index in [-0.39, 0.29) is 12.6 Å². The lowest BCUT2D eigenvalue weighted by Gasteiger charge is -2.14. The highest BCUT2D eigenvalue weighted by Gasteiger charge is 2.07. The third kappa shape index (κ3) is 3.41. The largest absolute Gasteiger partial charge is 0.477 e. The monoisotopic (exact) mass is 238 g/mol. The Kier molecular flexibility index (Phi) is 5.10. The van der Waals surface area contributed by atoms with E-state index in [9.17, 15) is 0 Å². The first-order valence-corrected chi connectivity index (χ1v) is 5.59. The Morgan fingerprint density at radius 3 is 2.88 bits per heavy atom. The molecule has 0 aliphatic carbocycles. The predicted octanol–water partition coefficient (Wildman–Crippen LogP) is 2.91. The number of ether oxygens (including phenoxy) is 1. The van der Waals surface area contributed by atoms with Crippen LogP contribution in [-0.4, -0.2) is 13.2 Å². The summed E-state index contributed by atoms with van der Waals surface area (Å²) in [6.07, 6.45) is 0. The standard InChI is InChI=1S/C12H15ClN2O/c1-3-15-9(2)10-4-5-12(11(13)8-10)16-7-6-14/h4-5,8-9,15H,3,7H2,1-2H3. The van der Waals surface area contributed by atoms with Gasteiger partial charge < -0.3 is 10.1 Å². The Balaban J connectivity index is 2.78. The van der Waals surface area contributed by atoms with Crippen molar-refractivity contribution in [3.63, 3.8) is 0 Å². The van der Waals surface area contributed by atoms with E-state index in [4.69, 9.17) is 21.6 Å². The molecular weight excluding hydrogens is 224 g/mol. The minimum absolute atomic E-state index is 0.0157. The van der Waals surface area contributed by atoms with Crippen molar-refractivity contribution < 1.29 is 4.74 Å². The summed E-state index contributed by atoms with van der Waals surface area (Å²) in [6, 6.07) is 7.77. The van der Waals surface area contributed by atoms with E-state index in [2.05, 4.69) is 19.2 Å². The van der Waals surface area contributed by atoms with Crippen molar-refractivity contribution in [1.82, 2.24) is 5.32 Å². The minimum atomic E-state index is 0.0157. The molecule has 0 radical (unpaired) electrons. The molecule has 1 atom stereocenters. The third-order valence-electron chi connectivity index (χ3n) is 2.26. The van der Waals surface area contributed by atoms with Crippen molar-refractivity contribution in [2.75, 3.05) is 13.2 Å². The van der Waals surface area contributed by atoms with Crippen molar-refractivity contribution in [3.8, 4) is 11.8 Å². The Labute approximate surface area is 101 Å². The van der Waals surface area contributed by atoms with Gasteiger partial charge in [-0.3, -0.25) is 0 Å². The molecule has 16 heavy (non-hydrogen) atoms. The van der Waals surface area contributed by atoms with Crippen LogP contribution in [0.3, 0.4) is 0 Å². The molecule has 86 valence electrons. The van der Waals surface area contributed by atoms with Gasteiger partial charge in [0.1, 0.15) is 11.8 Å². The summed E-state index contributed by atoms with van der Waals surface area (Å²) >= 11 is 6.05. The number of rotatable bonds is 5. The van der Waals surface area contributed by atoms with E-state index in [1.165, 1.54) is 0 Å². The Morgan fingerprint density at radius 2 is 2.31 bits per heavy atom. The maximum absolute atomic E-state index is 8.40. The average Bonchev–Trinajstić information content (AvgIpc) is 2.27. The number of hydrogen-bond donors (Lipinski definition) is 1. The van der Waals surface area contributed by atoms with Crippen LogP contribution in [0.4, 0.5) is 0 Å². The van der Waals surface area contributed by atoms with Crippen LogP contribution in [0.5, 0.6) is 5.75 Å². The summed E-state index contributed by atoms with van der Waals surface area (Å²) in [7, 11) is 0. The molecule has 1 unspecified atom stereocenters. The lowest BCUT2D eigenvalue weighted by atomic mass is 10.1. The summed E-state index contributed by atoms with van der Waals surface area (Å²) in [4.78, 5) is 0. The van der Waals surface area contributed by atoms with E-state index in [1.54, 1.807) is 6.07 Å². The molecule has 0 heterocycles. The van der Waals surface area contributed by atoms with Crippen molar-refractivity contribution >= 4 is 11.6 Å². The lowest BCUT2D eigenvalue weighted by molar-refractivity contribution is 0.368. The van der Waals surface area contributed by atoms with Gasteiger partial charge in [0.25, 0.3) is 0 Å². The fourth-order valence-electron chi connectivity index (χ4n) is 1.44. The molecule has 0 saturated carbocycles. The molecule has 4 heteroatoms. The maximum Gasteiger partial charge on any atom is 0.174 e. The number of nitrogens with one attached hydrogen (secondary N) is 1. The predicted molar refractivity (Wildman–Crippen MR) is 64.7 cm³/mol. The Bertz CT molecular complexity index is 387. The zero-order chi connectivity index (χ0) is 12.0. The lowest BCUT2D eigenvalue weighted by Crippen LogP contribution is -2.17. The van der Waals surface area contributed by atoms with Gasteiger partial charge in [-0.05, 0) is 31.2 Å². The van der Waals surface area contributed by atoms with Gasteiger partial charge in [0, 0.05) is 6.04 Å². The SMILES string of the molecule is CCNC(C)c1ccc(OCC#N)c(Cl)c1. The van der Waals surface area contributed by atoms with Crippen LogP contribution in [0.1, 0.15) is 25.5 Å². The summed E-state index contributed by atoms with van der Waals surface area (Å²) in [5.41, 5.74) is 1.11. The number of halogens is 1. The van der Waals surface area contributed by atoms with Gasteiger partial charge in [-0.1, -0.05) is 24.6 Å². The van der Waals surface area contributed by atoms with E-state index in [0.29, 0.717) is 10.8 Å². The van der Waals surface area contributed by atoms with Crippen molar-refractivity contribution in [3.05, 3.63) is 28.8 Å². The second kappa shape index (κ2) is 6.37. The number of nitrogens with zero attached hydrogens (tertiary/aromatic N) is 1. The molecule has 3 nitrogen and oxygen atoms in total. The summed E-state index contributed by atoms with van der Waals surface area (Å²) in [6.45, 7) is 5.06. The van der Waals surface area contributed by atoms with E-state index in [0.717, 1.165) is 12.1 Å². The van der Waals surface area contributed by atoms with Gasteiger partial charge in [-0.25, -0.2) is 0 Å². The van der Waals surface area contributed by atoms with Gasteiger partial charge in [-0.2, -0.15) is 5.26 Å². The molecule has 1 aromatic rings. The fourth-order valence-corrected chi connectivity index (χ4v) is 1.68. The van der Waals surface area contributed by atoms with E-state index < -0.39 is 0 Å². The van der Waals surface area contributed by atoms with Gasteiger partial charge in [-0.15, -0.1) is 0 Å². The van der Waals surface area contributed by atoms with E-state index in [1.807, 2.05) is 18.2 Å². The first-order valence-electron chi connectivity index (χ1n) is 5.21. The smallest absolute Gasteiger partial charge is 0.174 e. The van der Waals surface area contributed by atoms with Crippen LogP contribution in [0.2, 0.25) is 5.02 Å². The normalized spacial score (nSPS) is 11.9. The van der Waals surface area contributed by atoms with Crippen LogP contribution in [0.25, 0.3) is 0 Å². The second-order valence-corrected chi connectivity index (χ2v) is 3.82. The van der Waals surface area contributed by atoms with Gasteiger partial charge >= 0.3 is 0 Å². The summed E-state index contributed by atoms with van der Waals surface area (Å²) in [5.74, 6) is 0.552. The molecule has 0 spiro atoms. The zero-order valence-corrected chi connectivity index (χ0v) is 10.2. The number of nitriles is 1. The number of hydrogen-bond acceptors (Lipinski definition) is 3. The molecule has 0 saturated heterocycles. The first-order chi connectivity index (χ1) is 7.69. The minimum Gasteiger partial charge on any atom is -0.477 e. The molecule has 1 N–H and O–H groups in total. The third-order valence-corrected chi connectivity index (χ3v) is 2.55. The quantitative estimate of drug-likeness (QED) is 0.858. The highest BCUT2D eigenvalue weighted by molar-refractivity contribution is 6.32. The zero-order valence-electron chi connectivity index (χ0n) is 9.46. The maximum atomic E-state index is 8.40. The van der Waals surface area contributed by atoms with Crippen LogP contribution >= 0.6 is 11.6 Å². The molecule has 0 aliphatic heterocycles. The van der Waals surface area contributed by atoms with Crippen LogP contribution in [0.15, 0.2) is 18.2 Å². The van der Waals surface area contributed by atoms with Gasteiger partial charge in [0.05, 0.1) is 5.02 Å². The van der Waals surface area contributed by atoms with Gasteiger partial charge in [0.15, 0.2) is 6.61 Å².